The van der Waals surface area contributed by atoms with Crippen LogP contribution in [0, 0.1) is 0 Å². The highest BCUT2D eigenvalue weighted by Gasteiger charge is 2.16. The quantitative estimate of drug-likeness (QED) is 0.205. The van der Waals surface area contributed by atoms with Gasteiger partial charge in [0, 0.05) is 0 Å². The highest BCUT2D eigenvalue weighted by molar-refractivity contribution is 6.88. The highest BCUT2D eigenvalue weighted by Crippen LogP contribution is 2.31. The van der Waals surface area contributed by atoms with E-state index < -0.39 is 8.07 Å². The summed E-state index contributed by atoms with van der Waals surface area (Å²) in [6.45, 7) is 7.21. The summed E-state index contributed by atoms with van der Waals surface area (Å²) in [6, 6.07) is 51.1. The number of rotatable bonds is 5. The minimum atomic E-state index is -1.33. The predicted octanol–water partition coefficient (Wildman–Crippen LogP) is 10.1. The van der Waals surface area contributed by atoms with Gasteiger partial charge in [-0.05, 0) is 67.4 Å². The summed E-state index contributed by atoms with van der Waals surface area (Å²) < 4.78 is 0. The minimum absolute atomic E-state index is 1.23. The first-order valence-electron chi connectivity index (χ1n) is 13.4. The molecule has 0 nitrogen and oxygen atoms in total. The molecular formula is C37H32Si. The Morgan fingerprint density at radius 1 is 0.316 bits per heavy atom. The maximum atomic E-state index is 2.40. The number of benzene rings is 6. The van der Waals surface area contributed by atoms with E-state index in [2.05, 4.69) is 159 Å². The lowest BCUT2D eigenvalue weighted by Gasteiger charge is -2.17. The number of hydrogen-bond donors (Lipinski definition) is 0. The van der Waals surface area contributed by atoms with Gasteiger partial charge in [-0.25, -0.2) is 0 Å². The maximum absolute atomic E-state index is 2.40. The molecule has 0 aromatic heterocycles. The molecular weight excluding hydrogens is 472 g/mol. The maximum Gasteiger partial charge on any atom is 0.0776 e. The fourth-order valence-corrected chi connectivity index (χ4v) is 6.31. The predicted molar refractivity (Wildman–Crippen MR) is 169 cm³/mol. The van der Waals surface area contributed by atoms with Crippen molar-refractivity contribution in [1.82, 2.24) is 0 Å². The van der Waals surface area contributed by atoms with Crippen LogP contribution in [0.1, 0.15) is 0 Å². The first-order valence-corrected chi connectivity index (χ1v) is 16.9. The van der Waals surface area contributed by atoms with Crippen molar-refractivity contribution >= 4 is 24.0 Å². The molecule has 0 N–H and O–H groups in total. The summed E-state index contributed by atoms with van der Waals surface area (Å²) in [5.41, 5.74) is 10.0. The molecule has 0 unspecified atom stereocenters. The molecule has 0 spiro atoms. The number of hydrogen-bond acceptors (Lipinski definition) is 0. The second kappa shape index (κ2) is 9.93. The van der Waals surface area contributed by atoms with Crippen molar-refractivity contribution < 1.29 is 0 Å². The molecule has 0 heterocycles. The normalized spacial score (nSPS) is 11.6. The summed E-state index contributed by atoms with van der Waals surface area (Å²) in [6.07, 6.45) is 0. The minimum Gasteiger partial charge on any atom is -0.0656 e. The Morgan fingerprint density at radius 2 is 0.737 bits per heavy atom. The molecule has 0 atom stereocenters. The molecule has 0 bridgehead atoms. The van der Waals surface area contributed by atoms with Gasteiger partial charge in [0.1, 0.15) is 0 Å². The third-order valence-electron chi connectivity index (χ3n) is 7.44. The first-order chi connectivity index (χ1) is 18.4. The van der Waals surface area contributed by atoms with Crippen LogP contribution < -0.4 is 5.19 Å². The fraction of sp³-hybridized carbons (Fsp3) is 0.0811. The standard InChI is InChI=1S/C37H32Si/c1-38(2,3)37-13-7-12-35(26-37)30-18-14-28(15-19-30)33-10-6-11-34(24-33)29-16-20-31(21-17-29)36-23-22-27-8-4-5-9-32(27)25-36/h4-26H,1-3H3. The Balaban J connectivity index is 1.25. The molecule has 0 saturated carbocycles. The van der Waals surface area contributed by atoms with E-state index in [4.69, 9.17) is 0 Å². The SMILES string of the molecule is C[Si](C)(C)c1cccc(-c2ccc(-c3cccc(-c4ccc(-c5ccc6ccccc6c5)cc4)c3)cc2)c1. The summed E-state index contributed by atoms with van der Waals surface area (Å²) in [5, 5.41) is 4.05. The monoisotopic (exact) mass is 504 g/mol. The van der Waals surface area contributed by atoms with Crippen LogP contribution in [-0.2, 0) is 0 Å². The van der Waals surface area contributed by atoms with E-state index in [-0.39, 0.29) is 0 Å². The van der Waals surface area contributed by atoms with E-state index in [9.17, 15) is 0 Å². The van der Waals surface area contributed by atoms with E-state index in [0.29, 0.717) is 0 Å². The molecule has 6 aromatic carbocycles. The van der Waals surface area contributed by atoms with Crippen molar-refractivity contribution in [1.29, 1.82) is 0 Å². The lowest BCUT2D eigenvalue weighted by Crippen LogP contribution is -2.37. The number of fused-ring (bicyclic) bond motifs is 1. The van der Waals surface area contributed by atoms with Crippen LogP contribution in [-0.4, -0.2) is 8.07 Å². The largest absolute Gasteiger partial charge is 0.0776 e. The lowest BCUT2D eigenvalue weighted by atomic mass is 9.95. The van der Waals surface area contributed by atoms with Crippen molar-refractivity contribution in [2.24, 2.45) is 0 Å². The molecule has 6 rings (SSSR count). The second-order valence-corrected chi connectivity index (χ2v) is 16.2. The topological polar surface area (TPSA) is 0 Å². The lowest BCUT2D eigenvalue weighted by molar-refractivity contribution is 1.57. The van der Waals surface area contributed by atoms with Gasteiger partial charge in [0.25, 0.3) is 0 Å². The van der Waals surface area contributed by atoms with Gasteiger partial charge in [0.2, 0.25) is 0 Å². The molecule has 0 amide bonds. The molecule has 0 aliphatic rings. The molecule has 0 saturated heterocycles. The summed E-state index contributed by atoms with van der Waals surface area (Å²) >= 11 is 0. The summed E-state index contributed by atoms with van der Waals surface area (Å²) in [5.74, 6) is 0. The zero-order valence-corrected chi connectivity index (χ0v) is 23.3. The van der Waals surface area contributed by atoms with Crippen molar-refractivity contribution in [3.8, 4) is 44.5 Å². The van der Waals surface area contributed by atoms with Gasteiger partial charge >= 0.3 is 0 Å². The van der Waals surface area contributed by atoms with Gasteiger partial charge < -0.3 is 0 Å². The Hall–Kier alpha value is -4.20. The smallest absolute Gasteiger partial charge is 0.0656 e. The van der Waals surface area contributed by atoms with Crippen molar-refractivity contribution in [2.45, 2.75) is 19.6 Å². The average Bonchev–Trinajstić information content (AvgIpc) is 2.97. The average molecular weight is 505 g/mol. The fourth-order valence-electron chi connectivity index (χ4n) is 5.12. The Labute approximate surface area is 227 Å². The van der Waals surface area contributed by atoms with Crippen molar-refractivity contribution in [3.63, 3.8) is 0 Å². The van der Waals surface area contributed by atoms with Gasteiger partial charge in [-0.3, -0.25) is 0 Å². The third-order valence-corrected chi connectivity index (χ3v) is 9.49. The van der Waals surface area contributed by atoms with Crippen molar-refractivity contribution in [3.05, 3.63) is 140 Å². The van der Waals surface area contributed by atoms with E-state index in [1.54, 1.807) is 0 Å². The molecule has 0 aliphatic carbocycles. The summed E-state index contributed by atoms with van der Waals surface area (Å²) in [4.78, 5) is 0. The molecule has 38 heavy (non-hydrogen) atoms. The molecule has 0 radical (unpaired) electrons. The Morgan fingerprint density at radius 3 is 1.26 bits per heavy atom. The highest BCUT2D eigenvalue weighted by atomic mass is 28.3. The van der Waals surface area contributed by atoms with Gasteiger partial charge in [-0.1, -0.05) is 152 Å². The Bertz CT molecular complexity index is 1720. The molecule has 1 heteroatoms. The first kappa shape index (κ1) is 24.2. The zero-order valence-electron chi connectivity index (χ0n) is 22.3. The zero-order chi connectivity index (χ0) is 26.1. The van der Waals surface area contributed by atoms with Gasteiger partial charge in [-0.15, -0.1) is 0 Å². The van der Waals surface area contributed by atoms with Gasteiger partial charge in [-0.2, -0.15) is 0 Å². The summed E-state index contributed by atoms with van der Waals surface area (Å²) in [7, 11) is -1.33. The van der Waals surface area contributed by atoms with Gasteiger partial charge in [0.05, 0.1) is 8.07 Å². The van der Waals surface area contributed by atoms with Crippen LogP contribution >= 0.6 is 0 Å². The Kier molecular flexibility index (Phi) is 6.31. The van der Waals surface area contributed by atoms with E-state index >= 15 is 0 Å². The molecule has 0 aliphatic heterocycles. The second-order valence-electron chi connectivity index (χ2n) is 11.1. The third kappa shape index (κ3) is 4.98. The molecule has 184 valence electrons. The van der Waals surface area contributed by atoms with Crippen LogP contribution in [0.3, 0.4) is 0 Å². The van der Waals surface area contributed by atoms with Crippen molar-refractivity contribution in [2.75, 3.05) is 0 Å². The van der Waals surface area contributed by atoms with E-state index in [1.165, 1.54) is 60.5 Å². The molecule has 0 fully saturated rings. The van der Waals surface area contributed by atoms with E-state index in [0.717, 1.165) is 0 Å². The van der Waals surface area contributed by atoms with Crippen LogP contribution in [0.4, 0.5) is 0 Å². The van der Waals surface area contributed by atoms with Crippen LogP contribution in [0.5, 0.6) is 0 Å². The molecule has 6 aromatic rings. The van der Waals surface area contributed by atoms with Gasteiger partial charge in [0.15, 0.2) is 0 Å². The van der Waals surface area contributed by atoms with Crippen LogP contribution in [0.25, 0.3) is 55.3 Å². The van der Waals surface area contributed by atoms with E-state index in [1.807, 2.05) is 0 Å². The van der Waals surface area contributed by atoms with Crippen LogP contribution in [0.2, 0.25) is 19.6 Å². The van der Waals surface area contributed by atoms with Crippen LogP contribution in [0.15, 0.2) is 140 Å².